The van der Waals surface area contributed by atoms with E-state index in [9.17, 15) is 9.90 Å². The van der Waals surface area contributed by atoms with Crippen molar-refractivity contribution in [2.45, 2.75) is 20.3 Å². The van der Waals surface area contributed by atoms with Crippen molar-refractivity contribution < 1.29 is 9.90 Å². The van der Waals surface area contributed by atoms with Crippen LogP contribution in [0.5, 0.6) is 0 Å². The second-order valence-electron chi connectivity index (χ2n) is 4.40. The highest BCUT2D eigenvalue weighted by atomic mass is 16.4. The Labute approximate surface area is 107 Å². The van der Waals surface area contributed by atoms with E-state index >= 15 is 0 Å². The fraction of sp³-hybridized carbons (Fsp3) is 0.188. The van der Waals surface area contributed by atoms with Crippen molar-refractivity contribution in [3.05, 3.63) is 59.2 Å². The van der Waals surface area contributed by atoms with Gasteiger partial charge in [-0.15, -0.1) is 0 Å². The normalized spacial score (nSPS) is 10.3. The van der Waals surface area contributed by atoms with Crippen LogP contribution in [-0.4, -0.2) is 11.1 Å². The highest BCUT2D eigenvalue weighted by molar-refractivity contribution is 5.96. The maximum atomic E-state index is 11.3. The monoisotopic (exact) mass is 240 g/mol. The van der Waals surface area contributed by atoms with Crippen molar-refractivity contribution in [2.24, 2.45) is 0 Å². The summed E-state index contributed by atoms with van der Waals surface area (Å²) in [5, 5.41) is 9.25. The van der Waals surface area contributed by atoms with E-state index < -0.39 is 5.97 Å². The van der Waals surface area contributed by atoms with Crippen LogP contribution in [-0.2, 0) is 6.42 Å². The maximum Gasteiger partial charge on any atom is 0.336 e. The average molecular weight is 240 g/mol. The number of carboxylic acid groups (broad SMARTS) is 1. The number of rotatable bonds is 3. The summed E-state index contributed by atoms with van der Waals surface area (Å²) in [5.74, 6) is -0.881. The Bertz CT molecular complexity index is 568. The van der Waals surface area contributed by atoms with Gasteiger partial charge in [-0.3, -0.25) is 0 Å². The first-order valence-electron chi connectivity index (χ1n) is 6.05. The van der Waals surface area contributed by atoms with Crippen LogP contribution in [0, 0.1) is 6.92 Å². The fourth-order valence-corrected chi connectivity index (χ4v) is 2.01. The van der Waals surface area contributed by atoms with Crippen LogP contribution in [0.15, 0.2) is 42.5 Å². The Morgan fingerprint density at radius 2 is 1.78 bits per heavy atom. The van der Waals surface area contributed by atoms with Crippen molar-refractivity contribution in [2.75, 3.05) is 0 Å². The summed E-state index contributed by atoms with van der Waals surface area (Å²) >= 11 is 0. The standard InChI is InChI=1S/C16H16O2/c1-3-12-5-7-13(8-6-12)14-9-4-11(2)10-15(14)16(17)18/h4-10H,3H2,1-2H3,(H,17,18). The largest absolute Gasteiger partial charge is 0.478 e. The number of aryl methyl sites for hydroxylation is 2. The predicted molar refractivity (Wildman–Crippen MR) is 73.0 cm³/mol. The van der Waals surface area contributed by atoms with Crippen molar-refractivity contribution in [3.8, 4) is 11.1 Å². The molecular weight excluding hydrogens is 224 g/mol. The maximum absolute atomic E-state index is 11.3. The molecule has 92 valence electrons. The minimum atomic E-state index is -0.881. The molecule has 2 nitrogen and oxygen atoms in total. The van der Waals surface area contributed by atoms with Gasteiger partial charge in [0.05, 0.1) is 5.56 Å². The Morgan fingerprint density at radius 3 is 2.33 bits per heavy atom. The summed E-state index contributed by atoms with van der Waals surface area (Å²) in [7, 11) is 0. The van der Waals surface area contributed by atoms with Gasteiger partial charge >= 0.3 is 5.97 Å². The lowest BCUT2D eigenvalue weighted by molar-refractivity contribution is 0.0697. The molecule has 2 aromatic carbocycles. The summed E-state index contributed by atoms with van der Waals surface area (Å²) in [6, 6.07) is 13.6. The number of carboxylic acids is 1. The van der Waals surface area contributed by atoms with Crippen LogP contribution in [0.3, 0.4) is 0 Å². The lowest BCUT2D eigenvalue weighted by Gasteiger charge is -2.08. The van der Waals surface area contributed by atoms with Crippen LogP contribution in [0.1, 0.15) is 28.4 Å². The molecule has 0 fully saturated rings. The molecule has 0 aliphatic rings. The summed E-state index contributed by atoms with van der Waals surface area (Å²) in [5.41, 5.74) is 4.30. The highest BCUT2D eigenvalue weighted by Gasteiger charge is 2.11. The van der Waals surface area contributed by atoms with Crippen LogP contribution in [0.25, 0.3) is 11.1 Å². The molecule has 2 rings (SSSR count). The van der Waals surface area contributed by atoms with Gasteiger partial charge in [0.15, 0.2) is 0 Å². The van der Waals surface area contributed by atoms with E-state index in [1.165, 1.54) is 5.56 Å². The molecular formula is C16H16O2. The molecule has 1 N–H and O–H groups in total. The third kappa shape index (κ3) is 2.43. The molecule has 2 aromatic rings. The molecule has 0 spiro atoms. The van der Waals surface area contributed by atoms with Gasteiger partial charge in [-0.05, 0) is 36.1 Å². The molecule has 18 heavy (non-hydrogen) atoms. The molecule has 2 heteroatoms. The zero-order chi connectivity index (χ0) is 13.1. The summed E-state index contributed by atoms with van der Waals surface area (Å²) in [6.07, 6.45) is 0.986. The molecule has 0 atom stereocenters. The first kappa shape index (κ1) is 12.4. The Morgan fingerprint density at radius 1 is 1.11 bits per heavy atom. The number of carbonyl (C=O) groups is 1. The second-order valence-corrected chi connectivity index (χ2v) is 4.40. The van der Waals surface area contributed by atoms with E-state index in [1.54, 1.807) is 6.07 Å². The van der Waals surface area contributed by atoms with Gasteiger partial charge in [-0.2, -0.15) is 0 Å². The number of hydrogen-bond donors (Lipinski definition) is 1. The average Bonchev–Trinajstić information content (AvgIpc) is 2.39. The summed E-state index contributed by atoms with van der Waals surface area (Å²) < 4.78 is 0. The lowest BCUT2D eigenvalue weighted by atomic mass is 9.97. The zero-order valence-electron chi connectivity index (χ0n) is 10.6. The Hall–Kier alpha value is -2.09. The summed E-state index contributed by atoms with van der Waals surface area (Å²) in [6.45, 7) is 4.00. The molecule has 0 amide bonds. The molecule has 0 aliphatic carbocycles. The van der Waals surface area contributed by atoms with Crippen molar-refractivity contribution in [1.29, 1.82) is 0 Å². The van der Waals surface area contributed by atoms with Crippen LogP contribution in [0.4, 0.5) is 0 Å². The van der Waals surface area contributed by atoms with Gasteiger partial charge in [0.1, 0.15) is 0 Å². The van der Waals surface area contributed by atoms with E-state index in [-0.39, 0.29) is 0 Å². The van der Waals surface area contributed by atoms with Crippen molar-refractivity contribution in [3.63, 3.8) is 0 Å². The topological polar surface area (TPSA) is 37.3 Å². The minimum absolute atomic E-state index is 0.360. The second kappa shape index (κ2) is 5.05. The highest BCUT2D eigenvalue weighted by Crippen LogP contribution is 2.25. The van der Waals surface area contributed by atoms with Gasteiger partial charge in [0.2, 0.25) is 0 Å². The molecule has 0 unspecified atom stereocenters. The molecule has 0 heterocycles. The van der Waals surface area contributed by atoms with Gasteiger partial charge in [0, 0.05) is 0 Å². The van der Waals surface area contributed by atoms with Gasteiger partial charge in [0.25, 0.3) is 0 Å². The van der Waals surface area contributed by atoms with Gasteiger partial charge in [-0.25, -0.2) is 4.79 Å². The van der Waals surface area contributed by atoms with E-state index in [0.29, 0.717) is 5.56 Å². The molecule has 0 saturated carbocycles. The lowest BCUT2D eigenvalue weighted by Crippen LogP contribution is -2.00. The Kier molecular flexibility index (Phi) is 3.47. The molecule has 0 radical (unpaired) electrons. The van der Waals surface area contributed by atoms with Gasteiger partial charge < -0.3 is 5.11 Å². The smallest absolute Gasteiger partial charge is 0.336 e. The van der Waals surface area contributed by atoms with Gasteiger partial charge in [-0.1, -0.05) is 48.9 Å². The quantitative estimate of drug-likeness (QED) is 0.882. The summed E-state index contributed by atoms with van der Waals surface area (Å²) in [4.78, 5) is 11.3. The van der Waals surface area contributed by atoms with Crippen LogP contribution < -0.4 is 0 Å². The number of benzene rings is 2. The first-order valence-corrected chi connectivity index (χ1v) is 6.05. The Balaban J connectivity index is 2.52. The van der Waals surface area contributed by atoms with Crippen molar-refractivity contribution >= 4 is 5.97 Å². The molecule has 0 aromatic heterocycles. The third-order valence-electron chi connectivity index (χ3n) is 3.08. The molecule has 0 saturated heterocycles. The van der Waals surface area contributed by atoms with Crippen LogP contribution >= 0.6 is 0 Å². The minimum Gasteiger partial charge on any atom is -0.478 e. The predicted octanol–water partition coefficient (Wildman–Crippen LogP) is 3.92. The number of aromatic carboxylic acids is 1. The van der Waals surface area contributed by atoms with E-state index in [2.05, 4.69) is 6.92 Å². The molecule has 0 aliphatic heterocycles. The van der Waals surface area contributed by atoms with E-state index in [0.717, 1.165) is 23.1 Å². The van der Waals surface area contributed by atoms with Crippen molar-refractivity contribution in [1.82, 2.24) is 0 Å². The van der Waals surface area contributed by atoms with E-state index in [1.807, 2.05) is 43.3 Å². The third-order valence-corrected chi connectivity index (χ3v) is 3.08. The zero-order valence-corrected chi connectivity index (χ0v) is 10.6. The van der Waals surface area contributed by atoms with E-state index in [4.69, 9.17) is 0 Å². The number of hydrogen-bond acceptors (Lipinski definition) is 1. The first-order chi connectivity index (χ1) is 8.61. The fourth-order valence-electron chi connectivity index (χ4n) is 2.01. The molecule has 0 bridgehead atoms. The van der Waals surface area contributed by atoms with Crippen LogP contribution in [0.2, 0.25) is 0 Å². The SMILES string of the molecule is CCc1ccc(-c2ccc(C)cc2C(=O)O)cc1.